The molecule has 0 aliphatic heterocycles. The van der Waals surface area contributed by atoms with Gasteiger partial charge >= 0.3 is 0 Å². The molecule has 1 aliphatic rings. The second-order valence-electron chi connectivity index (χ2n) is 7.85. The number of hydrogen-bond donors (Lipinski definition) is 2. The van der Waals surface area contributed by atoms with Gasteiger partial charge in [0.2, 0.25) is 0 Å². The molecule has 0 saturated carbocycles. The Labute approximate surface area is 189 Å². The van der Waals surface area contributed by atoms with Gasteiger partial charge in [0.15, 0.2) is 17.3 Å². The molecule has 0 unspecified atom stereocenters. The number of ketones is 1. The van der Waals surface area contributed by atoms with Crippen molar-refractivity contribution in [1.82, 2.24) is 4.57 Å². The Hall–Kier alpha value is -4.10. The number of carbonyl (C=O) groups is 1. The number of methoxy groups -OCH3 is 2. The molecule has 0 saturated heterocycles. The predicted molar refractivity (Wildman–Crippen MR) is 123 cm³/mol. The fourth-order valence-electron chi connectivity index (χ4n) is 4.53. The van der Waals surface area contributed by atoms with Crippen molar-refractivity contribution < 1.29 is 24.5 Å². The molecule has 0 bridgehead atoms. The number of phenolic OH excluding ortho intramolecular Hbond substituents is 1. The monoisotopic (exact) mass is 443 g/mol. The number of carbonyl (C=O) groups excluding carboxylic acids is 1. The van der Waals surface area contributed by atoms with Gasteiger partial charge in [-0.05, 0) is 29.8 Å². The van der Waals surface area contributed by atoms with Crippen LogP contribution < -0.4 is 15.0 Å². The molecule has 0 radical (unpaired) electrons. The van der Waals surface area contributed by atoms with Gasteiger partial charge in [-0.25, -0.2) is 0 Å². The van der Waals surface area contributed by atoms with Gasteiger partial charge in [-0.1, -0.05) is 36.4 Å². The first-order chi connectivity index (χ1) is 16.0. The number of hydrogen-bond acceptors (Lipinski definition) is 6. The van der Waals surface area contributed by atoms with E-state index in [9.17, 15) is 19.8 Å². The third-order valence-corrected chi connectivity index (χ3v) is 6.07. The van der Waals surface area contributed by atoms with Crippen molar-refractivity contribution in [2.75, 3.05) is 14.2 Å². The number of ether oxygens (including phenoxy) is 2. The van der Waals surface area contributed by atoms with E-state index in [0.717, 1.165) is 0 Å². The molecule has 1 heterocycles. The van der Waals surface area contributed by atoms with Crippen molar-refractivity contribution in [3.05, 3.63) is 87.7 Å². The quantitative estimate of drug-likeness (QED) is 0.430. The number of aromatic hydroxyl groups is 1. The Kier molecular flexibility index (Phi) is 4.91. The summed E-state index contributed by atoms with van der Waals surface area (Å²) in [5, 5.41) is 21.2. The second-order valence-corrected chi connectivity index (χ2v) is 7.85. The molecular weight excluding hydrogens is 422 g/mol. The zero-order valence-corrected chi connectivity index (χ0v) is 18.0. The lowest BCUT2D eigenvalue weighted by atomic mass is 10.0. The molecule has 1 atom stereocenters. The minimum atomic E-state index is -1.05. The molecule has 7 heteroatoms. The fourth-order valence-corrected chi connectivity index (χ4v) is 4.53. The topological polar surface area (TPSA) is 98.0 Å². The lowest BCUT2D eigenvalue weighted by molar-refractivity contribution is 0.104. The second kappa shape index (κ2) is 7.79. The third kappa shape index (κ3) is 3.08. The van der Waals surface area contributed by atoms with Crippen molar-refractivity contribution in [2.24, 2.45) is 0 Å². The SMILES string of the molecule is COc1ccc2c3c(n(C[C@H](O)c4ccc(O)cc4)c(=O)c2c1OC)-c1ccccc1C3=O. The molecule has 0 spiro atoms. The van der Waals surface area contributed by atoms with Crippen molar-refractivity contribution in [3.63, 3.8) is 0 Å². The number of aliphatic hydroxyl groups is 1. The van der Waals surface area contributed by atoms with Gasteiger partial charge in [-0.3, -0.25) is 9.59 Å². The highest BCUT2D eigenvalue weighted by Gasteiger charge is 2.34. The molecule has 2 N–H and O–H groups in total. The van der Waals surface area contributed by atoms with Crippen LogP contribution in [0.4, 0.5) is 0 Å². The van der Waals surface area contributed by atoms with Gasteiger partial charge in [-0.2, -0.15) is 0 Å². The van der Waals surface area contributed by atoms with E-state index >= 15 is 0 Å². The van der Waals surface area contributed by atoms with Crippen LogP contribution in [0.1, 0.15) is 27.6 Å². The van der Waals surface area contributed by atoms with E-state index < -0.39 is 11.7 Å². The minimum Gasteiger partial charge on any atom is -0.508 e. The first-order valence-corrected chi connectivity index (χ1v) is 10.4. The predicted octanol–water partition coefficient (Wildman–Crippen LogP) is 3.67. The van der Waals surface area contributed by atoms with Crippen LogP contribution in [0, 0.1) is 0 Å². The minimum absolute atomic E-state index is 0.0751. The molecule has 166 valence electrons. The van der Waals surface area contributed by atoms with Gasteiger partial charge in [0.25, 0.3) is 5.56 Å². The summed E-state index contributed by atoms with van der Waals surface area (Å²) in [7, 11) is 2.92. The summed E-state index contributed by atoms with van der Waals surface area (Å²) in [6, 6.07) is 16.6. The Morgan fingerprint density at radius 2 is 1.61 bits per heavy atom. The summed E-state index contributed by atoms with van der Waals surface area (Å²) in [6.45, 7) is -0.0934. The zero-order chi connectivity index (χ0) is 23.3. The molecular formula is C26H21NO6. The van der Waals surface area contributed by atoms with Crippen LogP contribution in [0.3, 0.4) is 0 Å². The van der Waals surface area contributed by atoms with Crippen molar-refractivity contribution in [3.8, 4) is 28.5 Å². The number of phenols is 1. The van der Waals surface area contributed by atoms with E-state index in [2.05, 4.69) is 0 Å². The molecule has 33 heavy (non-hydrogen) atoms. The smallest absolute Gasteiger partial charge is 0.262 e. The van der Waals surface area contributed by atoms with E-state index in [4.69, 9.17) is 9.47 Å². The Morgan fingerprint density at radius 3 is 2.27 bits per heavy atom. The summed E-state index contributed by atoms with van der Waals surface area (Å²) >= 11 is 0. The lowest BCUT2D eigenvalue weighted by Crippen LogP contribution is -2.26. The van der Waals surface area contributed by atoms with Gasteiger partial charge in [0, 0.05) is 16.5 Å². The first kappa shape index (κ1) is 20.8. The number of pyridine rings is 1. The normalized spacial score (nSPS) is 13.0. The van der Waals surface area contributed by atoms with E-state index in [1.807, 2.05) is 6.07 Å². The summed E-state index contributed by atoms with van der Waals surface area (Å²) in [5.74, 6) is 0.492. The lowest BCUT2D eigenvalue weighted by Gasteiger charge is -2.20. The maximum absolute atomic E-state index is 13.8. The number of aromatic nitrogens is 1. The van der Waals surface area contributed by atoms with Crippen LogP contribution in [0.5, 0.6) is 17.2 Å². The van der Waals surface area contributed by atoms with Gasteiger partial charge in [-0.15, -0.1) is 0 Å². The average Bonchev–Trinajstić information content (AvgIpc) is 3.13. The highest BCUT2D eigenvalue weighted by molar-refractivity contribution is 6.27. The summed E-state index contributed by atoms with van der Waals surface area (Å²) in [5.41, 5.74) is 2.14. The van der Waals surface area contributed by atoms with E-state index in [-0.39, 0.29) is 29.2 Å². The van der Waals surface area contributed by atoms with Gasteiger partial charge in [0.05, 0.1) is 43.5 Å². The molecule has 0 amide bonds. The van der Waals surface area contributed by atoms with Crippen LogP contribution in [0.2, 0.25) is 0 Å². The number of benzene rings is 3. The summed E-state index contributed by atoms with van der Waals surface area (Å²) in [4.78, 5) is 27.3. The van der Waals surface area contributed by atoms with Crippen molar-refractivity contribution >= 4 is 16.6 Å². The Bertz CT molecular complexity index is 1470. The summed E-state index contributed by atoms with van der Waals surface area (Å²) < 4.78 is 12.3. The van der Waals surface area contributed by atoms with E-state index in [1.165, 1.54) is 30.9 Å². The highest BCUT2D eigenvalue weighted by atomic mass is 16.5. The number of fused-ring (bicyclic) bond motifs is 5. The zero-order valence-electron chi connectivity index (χ0n) is 18.0. The Balaban J connectivity index is 1.83. The number of aliphatic hydroxyl groups excluding tert-OH is 1. The molecule has 4 aromatic rings. The highest BCUT2D eigenvalue weighted by Crippen LogP contribution is 2.43. The van der Waals surface area contributed by atoms with E-state index in [1.54, 1.807) is 42.5 Å². The molecule has 0 fully saturated rings. The van der Waals surface area contributed by atoms with E-state index in [0.29, 0.717) is 39.1 Å². The molecule has 1 aromatic heterocycles. The molecule has 5 rings (SSSR count). The van der Waals surface area contributed by atoms with Crippen LogP contribution >= 0.6 is 0 Å². The van der Waals surface area contributed by atoms with Crippen molar-refractivity contribution in [2.45, 2.75) is 12.6 Å². The standard InChI is InChI=1S/C26H21NO6/c1-32-20-12-11-18-21-23(16-5-3-4-6-17(16)24(21)30)27(26(31)22(18)25(20)33-2)13-19(29)14-7-9-15(28)10-8-14/h3-12,19,28-29H,13H2,1-2H3/t19-/m0/s1. The largest absolute Gasteiger partial charge is 0.508 e. The maximum Gasteiger partial charge on any atom is 0.262 e. The first-order valence-electron chi connectivity index (χ1n) is 10.4. The number of nitrogens with zero attached hydrogens (tertiary/aromatic N) is 1. The molecule has 3 aromatic carbocycles. The van der Waals surface area contributed by atoms with Crippen LogP contribution in [-0.2, 0) is 6.54 Å². The molecule has 7 nitrogen and oxygen atoms in total. The Morgan fingerprint density at radius 1 is 0.909 bits per heavy atom. The third-order valence-electron chi connectivity index (χ3n) is 6.07. The van der Waals surface area contributed by atoms with Crippen LogP contribution in [-0.4, -0.2) is 34.8 Å². The summed E-state index contributed by atoms with van der Waals surface area (Å²) in [6.07, 6.45) is -1.05. The van der Waals surface area contributed by atoms with Crippen molar-refractivity contribution in [1.29, 1.82) is 0 Å². The molecule has 1 aliphatic carbocycles. The van der Waals surface area contributed by atoms with Gasteiger partial charge in [0.1, 0.15) is 5.75 Å². The van der Waals surface area contributed by atoms with Crippen LogP contribution in [0.25, 0.3) is 22.0 Å². The fraction of sp³-hybridized carbons (Fsp3) is 0.154. The average molecular weight is 443 g/mol. The van der Waals surface area contributed by atoms with Gasteiger partial charge < -0.3 is 24.3 Å². The number of rotatable bonds is 5. The van der Waals surface area contributed by atoms with Crippen LogP contribution in [0.15, 0.2) is 65.5 Å². The maximum atomic E-state index is 13.8.